The van der Waals surface area contributed by atoms with Crippen molar-refractivity contribution in [3.05, 3.63) is 29.8 Å². The van der Waals surface area contributed by atoms with Crippen LogP contribution in [0.5, 0.6) is 5.75 Å². The number of rotatable bonds is 7. The maximum atomic E-state index is 8.62. The third-order valence-electron chi connectivity index (χ3n) is 2.84. The summed E-state index contributed by atoms with van der Waals surface area (Å²) >= 11 is 0. The van der Waals surface area contributed by atoms with Gasteiger partial charge in [0.1, 0.15) is 19.0 Å². The highest BCUT2D eigenvalue weighted by molar-refractivity contribution is 5.38. The summed E-state index contributed by atoms with van der Waals surface area (Å²) < 4.78 is 5.69. The molecular formula is C16H24N2O2. The number of likely N-dealkylation sites (N-methyl/N-ethyl adjacent to an activating group) is 2. The molecule has 4 heteroatoms. The largest absolute Gasteiger partial charge is 0.492 e. The van der Waals surface area contributed by atoms with Gasteiger partial charge >= 0.3 is 0 Å². The first-order chi connectivity index (χ1) is 9.61. The topological polar surface area (TPSA) is 35.9 Å². The van der Waals surface area contributed by atoms with Gasteiger partial charge in [-0.2, -0.15) is 0 Å². The predicted octanol–water partition coefficient (Wildman–Crippen LogP) is 0.903. The van der Waals surface area contributed by atoms with Gasteiger partial charge in [0.05, 0.1) is 0 Å². The normalized spacial score (nSPS) is 10.5. The summed E-state index contributed by atoms with van der Waals surface area (Å²) in [5.41, 5.74) is 0.884. The summed E-state index contributed by atoms with van der Waals surface area (Å²) in [6, 6.07) is 7.60. The Labute approximate surface area is 122 Å². The lowest BCUT2D eigenvalue weighted by molar-refractivity contribution is 0.222. The van der Waals surface area contributed by atoms with Crippen LogP contribution >= 0.6 is 0 Å². The minimum absolute atomic E-state index is 0.114. The van der Waals surface area contributed by atoms with Gasteiger partial charge in [0.25, 0.3) is 0 Å². The Morgan fingerprint density at radius 2 is 1.75 bits per heavy atom. The number of aliphatic hydroxyl groups is 1. The summed E-state index contributed by atoms with van der Waals surface area (Å²) in [5.74, 6) is 6.32. The molecule has 0 unspecified atom stereocenters. The van der Waals surface area contributed by atoms with E-state index in [1.54, 1.807) is 0 Å². The number of benzene rings is 1. The van der Waals surface area contributed by atoms with E-state index in [1.807, 2.05) is 24.3 Å². The van der Waals surface area contributed by atoms with Crippen LogP contribution in [0.2, 0.25) is 0 Å². The fraction of sp³-hybridized carbons (Fsp3) is 0.500. The van der Waals surface area contributed by atoms with Gasteiger partial charge in [-0.05, 0) is 45.4 Å². The Balaban J connectivity index is 2.28. The molecule has 0 amide bonds. The van der Waals surface area contributed by atoms with E-state index >= 15 is 0 Å². The molecule has 1 N–H and O–H groups in total. The average molecular weight is 276 g/mol. The molecule has 0 saturated heterocycles. The van der Waals surface area contributed by atoms with Crippen LogP contribution < -0.4 is 4.74 Å². The van der Waals surface area contributed by atoms with Crippen molar-refractivity contribution in [3.63, 3.8) is 0 Å². The molecule has 0 fully saturated rings. The second-order valence-electron chi connectivity index (χ2n) is 4.94. The van der Waals surface area contributed by atoms with Gasteiger partial charge in [0.2, 0.25) is 0 Å². The van der Waals surface area contributed by atoms with Gasteiger partial charge in [0.15, 0.2) is 0 Å². The fourth-order valence-corrected chi connectivity index (χ4v) is 1.58. The Morgan fingerprint density at radius 3 is 2.35 bits per heavy atom. The molecule has 0 aliphatic carbocycles. The molecule has 0 spiro atoms. The number of ether oxygens (including phenoxy) is 1. The lowest BCUT2D eigenvalue weighted by Crippen LogP contribution is -2.31. The van der Waals surface area contributed by atoms with E-state index in [9.17, 15) is 0 Å². The zero-order valence-electron chi connectivity index (χ0n) is 12.6. The first-order valence-corrected chi connectivity index (χ1v) is 6.77. The van der Waals surface area contributed by atoms with Gasteiger partial charge in [-0.15, -0.1) is 0 Å². The smallest absolute Gasteiger partial charge is 0.119 e. The molecule has 20 heavy (non-hydrogen) atoms. The zero-order chi connectivity index (χ0) is 14.8. The summed E-state index contributed by atoms with van der Waals surface area (Å²) in [7, 11) is 6.25. The highest BCUT2D eigenvalue weighted by atomic mass is 16.5. The van der Waals surface area contributed by atoms with E-state index in [-0.39, 0.29) is 6.61 Å². The second-order valence-corrected chi connectivity index (χ2v) is 4.94. The molecule has 0 aliphatic rings. The minimum atomic E-state index is -0.114. The lowest BCUT2D eigenvalue weighted by Gasteiger charge is -2.19. The Hall–Kier alpha value is -1.54. The monoisotopic (exact) mass is 276 g/mol. The predicted molar refractivity (Wildman–Crippen MR) is 82.0 cm³/mol. The number of nitrogens with zero attached hydrogens (tertiary/aromatic N) is 2. The van der Waals surface area contributed by atoms with Crippen molar-refractivity contribution in [1.29, 1.82) is 0 Å². The molecule has 1 rings (SSSR count). The first-order valence-electron chi connectivity index (χ1n) is 6.77. The molecule has 0 heterocycles. The standard InChI is InChI=1S/C16H24N2O2/c1-17(2)10-11-18(3)12-14-20-16-8-6-15(7-9-16)5-4-13-19/h6-9,19H,10-14H2,1-3H3. The van der Waals surface area contributed by atoms with Crippen LogP contribution in [0.25, 0.3) is 0 Å². The Morgan fingerprint density at radius 1 is 1.05 bits per heavy atom. The van der Waals surface area contributed by atoms with Crippen molar-refractivity contribution >= 4 is 0 Å². The van der Waals surface area contributed by atoms with Gasteiger partial charge in [-0.1, -0.05) is 11.8 Å². The quantitative estimate of drug-likeness (QED) is 0.751. The van der Waals surface area contributed by atoms with Gasteiger partial charge in [-0.25, -0.2) is 0 Å². The van der Waals surface area contributed by atoms with Gasteiger partial charge in [0, 0.05) is 25.2 Å². The average Bonchev–Trinajstić information content (AvgIpc) is 2.44. The van der Waals surface area contributed by atoms with E-state index in [0.29, 0.717) is 6.61 Å². The van der Waals surface area contributed by atoms with Crippen LogP contribution in [0, 0.1) is 11.8 Å². The summed E-state index contributed by atoms with van der Waals surface area (Å²) in [5, 5.41) is 8.62. The maximum Gasteiger partial charge on any atom is 0.119 e. The maximum absolute atomic E-state index is 8.62. The molecular weight excluding hydrogens is 252 g/mol. The molecule has 0 aliphatic heterocycles. The van der Waals surface area contributed by atoms with Crippen molar-refractivity contribution in [2.45, 2.75) is 0 Å². The number of aliphatic hydroxyl groups excluding tert-OH is 1. The highest BCUT2D eigenvalue weighted by Gasteiger charge is 2.00. The Kier molecular flexibility index (Phi) is 7.74. The third-order valence-corrected chi connectivity index (χ3v) is 2.84. The van der Waals surface area contributed by atoms with E-state index in [4.69, 9.17) is 9.84 Å². The van der Waals surface area contributed by atoms with Crippen LogP contribution in [0.1, 0.15) is 5.56 Å². The second kappa shape index (κ2) is 9.38. The van der Waals surface area contributed by atoms with Crippen molar-refractivity contribution in [1.82, 2.24) is 9.80 Å². The van der Waals surface area contributed by atoms with E-state index < -0.39 is 0 Å². The van der Waals surface area contributed by atoms with Crippen LogP contribution in [0.3, 0.4) is 0 Å². The highest BCUT2D eigenvalue weighted by Crippen LogP contribution is 2.11. The van der Waals surface area contributed by atoms with Crippen molar-refractivity contribution in [2.24, 2.45) is 0 Å². The number of hydrogen-bond donors (Lipinski definition) is 1. The summed E-state index contributed by atoms with van der Waals surface area (Å²) in [6.07, 6.45) is 0. The Bertz CT molecular complexity index is 432. The molecule has 0 bridgehead atoms. The SMILES string of the molecule is CN(C)CCN(C)CCOc1ccc(C#CCO)cc1. The van der Waals surface area contributed by atoms with E-state index in [2.05, 4.69) is 42.8 Å². The number of hydrogen-bond acceptors (Lipinski definition) is 4. The van der Waals surface area contributed by atoms with Crippen LogP contribution in [0.15, 0.2) is 24.3 Å². The third kappa shape index (κ3) is 7.15. The summed E-state index contributed by atoms with van der Waals surface area (Å²) in [6.45, 7) is 3.55. The molecule has 1 aromatic carbocycles. The summed E-state index contributed by atoms with van der Waals surface area (Å²) in [4.78, 5) is 4.42. The lowest BCUT2D eigenvalue weighted by atomic mass is 10.2. The van der Waals surface area contributed by atoms with E-state index in [1.165, 1.54) is 0 Å². The van der Waals surface area contributed by atoms with Crippen molar-refractivity contribution < 1.29 is 9.84 Å². The molecule has 0 aromatic heterocycles. The van der Waals surface area contributed by atoms with Crippen molar-refractivity contribution in [2.75, 3.05) is 54.0 Å². The fourth-order valence-electron chi connectivity index (χ4n) is 1.58. The zero-order valence-corrected chi connectivity index (χ0v) is 12.6. The minimum Gasteiger partial charge on any atom is -0.492 e. The van der Waals surface area contributed by atoms with Gasteiger partial charge in [-0.3, -0.25) is 0 Å². The van der Waals surface area contributed by atoms with Crippen molar-refractivity contribution in [3.8, 4) is 17.6 Å². The van der Waals surface area contributed by atoms with Crippen LogP contribution in [-0.2, 0) is 0 Å². The molecule has 0 radical (unpaired) electrons. The molecule has 0 saturated carbocycles. The van der Waals surface area contributed by atoms with E-state index in [0.717, 1.165) is 30.9 Å². The van der Waals surface area contributed by atoms with Crippen LogP contribution in [0.4, 0.5) is 0 Å². The van der Waals surface area contributed by atoms with Gasteiger partial charge < -0.3 is 19.6 Å². The van der Waals surface area contributed by atoms with Crippen LogP contribution in [-0.4, -0.2) is 68.9 Å². The molecule has 110 valence electrons. The molecule has 4 nitrogen and oxygen atoms in total. The molecule has 1 aromatic rings. The first kappa shape index (κ1) is 16.5. The molecule has 0 atom stereocenters.